The molecule has 19 heavy (non-hydrogen) atoms. The second-order valence-corrected chi connectivity index (χ2v) is 6.63. The smallest absolute Gasteiger partial charge is 0.222 e. The van der Waals surface area contributed by atoms with Gasteiger partial charge in [-0.1, -0.05) is 22.0 Å². The van der Waals surface area contributed by atoms with E-state index >= 15 is 0 Å². The molecular weight excluding hydrogens is 326 g/mol. The van der Waals surface area contributed by atoms with Gasteiger partial charge >= 0.3 is 0 Å². The van der Waals surface area contributed by atoms with Gasteiger partial charge in [-0.15, -0.1) is 11.3 Å². The van der Waals surface area contributed by atoms with Crippen LogP contribution in [0.3, 0.4) is 0 Å². The van der Waals surface area contributed by atoms with Crippen LogP contribution in [-0.2, 0) is 16.0 Å². The van der Waals surface area contributed by atoms with Crippen molar-refractivity contribution in [3.8, 4) is 0 Å². The zero-order valence-corrected chi connectivity index (χ0v) is 13.6. The molecule has 2 atom stereocenters. The Morgan fingerprint density at radius 3 is 3.11 bits per heavy atom. The highest BCUT2D eigenvalue weighted by Gasteiger charge is 2.27. The summed E-state index contributed by atoms with van der Waals surface area (Å²) in [4.78, 5) is 15.5. The fourth-order valence-corrected chi connectivity index (χ4v) is 3.47. The average Bonchev–Trinajstić information content (AvgIpc) is 2.91. The molecule has 1 saturated heterocycles. The van der Waals surface area contributed by atoms with E-state index in [1.54, 1.807) is 11.3 Å². The lowest BCUT2D eigenvalue weighted by Gasteiger charge is -2.36. The van der Waals surface area contributed by atoms with E-state index < -0.39 is 0 Å². The lowest BCUT2D eigenvalue weighted by atomic mass is 10.1. The van der Waals surface area contributed by atoms with Crippen LogP contribution in [0.1, 0.15) is 24.6 Å². The number of alkyl halides is 1. The maximum atomic E-state index is 12.2. The Morgan fingerprint density at radius 1 is 1.58 bits per heavy atom. The van der Waals surface area contributed by atoms with E-state index in [4.69, 9.17) is 4.74 Å². The van der Waals surface area contributed by atoms with Crippen molar-refractivity contribution in [2.45, 2.75) is 38.4 Å². The lowest BCUT2D eigenvalue weighted by molar-refractivity contribution is -0.142. The van der Waals surface area contributed by atoms with Gasteiger partial charge in [0.25, 0.3) is 0 Å². The van der Waals surface area contributed by atoms with E-state index in [2.05, 4.69) is 33.4 Å². The first-order valence-corrected chi connectivity index (χ1v) is 8.70. The van der Waals surface area contributed by atoms with Gasteiger partial charge in [-0.2, -0.15) is 0 Å². The number of ether oxygens (including phenoxy) is 1. The second kappa shape index (κ2) is 7.41. The molecule has 0 bridgehead atoms. The van der Waals surface area contributed by atoms with E-state index in [9.17, 15) is 4.79 Å². The second-order valence-electron chi connectivity index (χ2n) is 4.95. The molecule has 0 aromatic carbocycles. The lowest BCUT2D eigenvalue weighted by Crippen LogP contribution is -2.49. The van der Waals surface area contributed by atoms with Gasteiger partial charge in [0.1, 0.15) is 0 Å². The number of rotatable bonds is 5. The first-order chi connectivity index (χ1) is 9.19. The summed E-state index contributed by atoms with van der Waals surface area (Å²) in [6.45, 7) is 3.47. The zero-order valence-electron chi connectivity index (χ0n) is 11.2. The molecule has 2 heterocycles. The van der Waals surface area contributed by atoms with Gasteiger partial charge in [-0.25, -0.2) is 0 Å². The van der Waals surface area contributed by atoms with E-state index in [1.165, 1.54) is 4.88 Å². The van der Waals surface area contributed by atoms with Gasteiger partial charge in [-0.05, 0) is 31.2 Å². The van der Waals surface area contributed by atoms with Crippen LogP contribution >= 0.6 is 27.3 Å². The molecule has 0 spiro atoms. The molecule has 2 rings (SSSR count). The van der Waals surface area contributed by atoms with E-state index in [1.807, 2.05) is 11.8 Å². The van der Waals surface area contributed by atoms with Gasteiger partial charge in [0, 0.05) is 29.7 Å². The molecular formula is C14H20BrNO2S. The number of amides is 1. The molecule has 1 aliphatic rings. The normalized spacial score (nSPS) is 23.6. The molecule has 5 heteroatoms. The Hall–Kier alpha value is -0.390. The zero-order chi connectivity index (χ0) is 13.7. The van der Waals surface area contributed by atoms with Crippen LogP contribution in [-0.4, -0.2) is 41.4 Å². The SMILES string of the molecule is CC1CN(C(=O)CCCc2cccs2)CC(CBr)O1. The summed E-state index contributed by atoms with van der Waals surface area (Å²) in [5, 5.41) is 2.87. The first kappa shape index (κ1) is 15.0. The minimum Gasteiger partial charge on any atom is -0.371 e. The summed E-state index contributed by atoms with van der Waals surface area (Å²) in [5.41, 5.74) is 0. The number of hydrogen-bond acceptors (Lipinski definition) is 3. The van der Waals surface area contributed by atoms with Crippen LogP contribution in [0.2, 0.25) is 0 Å². The molecule has 1 amide bonds. The van der Waals surface area contributed by atoms with Crippen LogP contribution in [0.5, 0.6) is 0 Å². The van der Waals surface area contributed by atoms with E-state index in [0.717, 1.165) is 24.7 Å². The van der Waals surface area contributed by atoms with Crippen molar-refractivity contribution < 1.29 is 9.53 Å². The van der Waals surface area contributed by atoms with Gasteiger partial charge in [0.2, 0.25) is 5.91 Å². The summed E-state index contributed by atoms with van der Waals surface area (Å²) in [6, 6.07) is 4.19. The topological polar surface area (TPSA) is 29.5 Å². The van der Waals surface area contributed by atoms with Gasteiger partial charge in [0.05, 0.1) is 12.2 Å². The Bertz CT molecular complexity index is 396. The number of halogens is 1. The third-order valence-corrected chi connectivity index (χ3v) is 4.90. The minimum absolute atomic E-state index is 0.130. The summed E-state index contributed by atoms with van der Waals surface area (Å²) in [7, 11) is 0. The number of thiophene rings is 1. The predicted octanol–water partition coefficient (Wildman–Crippen LogP) is 3.08. The molecule has 0 radical (unpaired) electrons. The third-order valence-electron chi connectivity index (χ3n) is 3.25. The summed E-state index contributed by atoms with van der Waals surface area (Å²) < 4.78 is 5.74. The molecule has 1 aromatic rings. The van der Waals surface area contributed by atoms with E-state index in [-0.39, 0.29) is 18.1 Å². The maximum Gasteiger partial charge on any atom is 0.222 e. The van der Waals surface area contributed by atoms with Crippen molar-refractivity contribution in [2.24, 2.45) is 0 Å². The number of nitrogens with zero attached hydrogens (tertiary/aromatic N) is 1. The summed E-state index contributed by atoms with van der Waals surface area (Å²) in [5.74, 6) is 0.262. The Kier molecular flexibility index (Phi) is 5.85. The third kappa shape index (κ3) is 4.58. The summed E-state index contributed by atoms with van der Waals surface area (Å²) in [6.07, 6.45) is 2.84. The van der Waals surface area contributed by atoms with Crippen LogP contribution in [0, 0.1) is 0 Å². The molecule has 106 valence electrons. The van der Waals surface area contributed by atoms with Crippen molar-refractivity contribution >= 4 is 33.2 Å². The van der Waals surface area contributed by atoms with Crippen LogP contribution < -0.4 is 0 Å². The average molecular weight is 346 g/mol. The Morgan fingerprint density at radius 2 is 2.42 bits per heavy atom. The number of hydrogen-bond donors (Lipinski definition) is 0. The van der Waals surface area contributed by atoms with Crippen molar-refractivity contribution in [3.63, 3.8) is 0 Å². The fraction of sp³-hybridized carbons (Fsp3) is 0.643. The standard InChI is InChI=1S/C14H20BrNO2S/c1-11-9-16(10-12(8-15)18-11)14(17)6-2-4-13-5-3-7-19-13/h3,5,7,11-12H,2,4,6,8-10H2,1H3. The molecule has 3 nitrogen and oxygen atoms in total. The number of carbonyl (C=O) groups excluding carboxylic acids is 1. The largest absolute Gasteiger partial charge is 0.371 e. The number of morpholine rings is 1. The van der Waals surface area contributed by atoms with Crippen LogP contribution in [0.4, 0.5) is 0 Å². The Labute approximate surface area is 127 Å². The van der Waals surface area contributed by atoms with Crippen molar-refractivity contribution in [1.29, 1.82) is 0 Å². The number of aryl methyl sites for hydroxylation is 1. The van der Waals surface area contributed by atoms with Crippen LogP contribution in [0.25, 0.3) is 0 Å². The highest BCUT2D eigenvalue weighted by Crippen LogP contribution is 2.16. The van der Waals surface area contributed by atoms with Gasteiger partial charge < -0.3 is 9.64 Å². The molecule has 0 saturated carbocycles. The fourth-order valence-electron chi connectivity index (χ4n) is 2.36. The molecule has 1 fully saturated rings. The van der Waals surface area contributed by atoms with Crippen molar-refractivity contribution in [1.82, 2.24) is 4.90 Å². The first-order valence-electron chi connectivity index (χ1n) is 6.70. The van der Waals surface area contributed by atoms with Crippen LogP contribution in [0.15, 0.2) is 17.5 Å². The molecule has 2 unspecified atom stereocenters. The summed E-state index contributed by atoms with van der Waals surface area (Å²) >= 11 is 5.20. The monoisotopic (exact) mass is 345 g/mol. The maximum absolute atomic E-state index is 12.2. The minimum atomic E-state index is 0.130. The number of carbonyl (C=O) groups is 1. The molecule has 1 aliphatic heterocycles. The molecule has 0 N–H and O–H groups in total. The highest BCUT2D eigenvalue weighted by atomic mass is 79.9. The van der Waals surface area contributed by atoms with Crippen molar-refractivity contribution in [2.75, 3.05) is 18.4 Å². The van der Waals surface area contributed by atoms with Gasteiger partial charge in [0.15, 0.2) is 0 Å². The Balaban J connectivity index is 1.75. The predicted molar refractivity (Wildman–Crippen MR) is 82.0 cm³/mol. The van der Waals surface area contributed by atoms with Gasteiger partial charge in [-0.3, -0.25) is 4.79 Å². The van der Waals surface area contributed by atoms with Crippen molar-refractivity contribution in [3.05, 3.63) is 22.4 Å². The highest BCUT2D eigenvalue weighted by molar-refractivity contribution is 9.09. The quantitative estimate of drug-likeness (QED) is 0.767. The molecule has 1 aromatic heterocycles. The molecule has 0 aliphatic carbocycles. The van der Waals surface area contributed by atoms with E-state index in [0.29, 0.717) is 13.0 Å².